The normalized spacial score (nSPS) is 24.1. The van der Waals surface area contributed by atoms with Gasteiger partial charge >= 0.3 is 5.97 Å². The molecule has 2 saturated carbocycles. The topological polar surface area (TPSA) is 116 Å². The fraction of sp³-hybridized carbons (Fsp3) is 0.829. The zero-order valence-electron chi connectivity index (χ0n) is 30.1. The van der Waals surface area contributed by atoms with E-state index in [1.54, 1.807) is 11.2 Å². The molecule has 2 amide bonds. The monoisotopic (exact) mass is 667 g/mol. The maximum Gasteiger partial charge on any atom is 0.307 e. The Hall–Kier alpha value is -1.95. The van der Waals surface area contributed by atoms with Gasteiger partial charge in [0.15, 0.2) is 0 Å². The second kappa shape index (κ2) is 20.4. The molecule has 2 N–H and O–H groups in total. The summed E-state index contributed by atoms with van der Waals surface area (Å²) < 4.78 is 5.00. The van der Waals surface area contributed by atoms with Crippen molar-refractivity contribution in [2.45, 2.75) is 78.7 Å². The first-order valence-corrected chi connectivity index (χ1v) is 17.9. The van der Waals surface area contributed by atoms with Crippen molar-refractivity contribution in [3.8, 4) is 0 Å². The van der Waals surface area contributed by atoms with E-state index < -0.39 is 0 Å². The number of ether oxygens (including phenoxy) is 1. The smallest absolute Gasteiger partial charge is 0.307 e. The van der Waals surface area contributed by atoms with E-state index in [-0.39, 0.29) is 35.2 Å². The van der Waals surface area contributed by atoms with Crippen molar-refractivity contribution < 1.29 is 23.9 Å². The molecule has 0 aromatic rings. The third kappa shape index (κ3) is 12.3. The molecular formula is C35H65N5O5S. The van der Waals surface area contributed by atoms with Gasteiger partial charge in [-0.25, -0.2) is 0 Å². The molecule has 4 aliphatic rings. The number of carbonyl (C=O) groups is 4. The van der Waals surface area contributed by atoms with E-state index in [1.165, 1.54) is 52.3 Å². The van der Waals surface area contributed by atoms with E-state index in [4.69, 9.17) is 4.74 Å². The van der Waals surface area contributed by atoms with Crippen molar-refractivity contribution in [2.24, 2.45) is 34.3 Å². The first-order valence-electron chi connectivity index (χ1n) is 17.0. The van der Waals surface area contributed by atoms with Crippen LogP contribution in [0.4, 0.5) is 0 Å². The zero-order valence-corrected chi connectivity index (χ0v) is 31.0. The van der Waals surface area contributed by atoms with Gasteiger partial charge in [0.25, 0.3) is 0 Å². The predicted octanol–water partition coefficient (Wildman–Crippen LogP) is 3.60. The molecule has 0 radical (unpaired) electrons. The number of carbonyl (C=O) groups excluding carboxylic acids is 4. The number of hydrogen-bond acceptors (Lipinski definition) is 9. The van der Waals surface area contributed by atoms with Gasteiger partial charge in [0, 0.05) is 69.7 Å². The molecule has 4 fully saturated rings. The summed E-state index contributed by atoms with van der Waals surface area (Å²) in [5.41, 5.74) is 4.67. The van der Waals surface area contributed by atoms with E-state index in [9.17, 15) is 19.2 Å². The van der Waals surface area contributed by atoms with Crippen LogP contribution in [0.2, 0.25) is 0 Å². The number of likely N-dealkylation sites (N-methyl/N-ethyl adjacent to an activating group) is 1. The highest BCUT2D eigenvalue weighted by atomic mass is 32.1. The van der Waals surface area contributed by atoms with Crippen LogP contribution in [0.1, 0.15) is 72.6 Å². The minimum atomic E-state index is -0.286. The van der Waals surface area contributed by atoms with Crippen molar-refractivity contribution in [3.63, 3.8) is 0 Å². The number of rotatable bonds is 11. The lowest BCUT2D eigenvalue weighted by Gasteiger charge is -2.53. The average Bonchev–Trinajstić information content (AvgIpc) is 3.70. The number of aldehydes is 1. The summed E-state index contributed by atoms with van der Waals surface area (Å²) in [7, 11) is 4.99. The van der Waals surface area contributed by atoms with Gasteiger partial charge in [-0.05, 0) is 63.9 Å². The summed E-state index contributed by atoms with van der Waals surface area (Å²) in [5, 5.41) is 0. The van der Waals surface area contributed by atoms with Crippen molar-refractivity contribution in [1.82, 2.24) is 19.6 Å². The van der Waals surface area contributed by atoms with Gasteiger partial charge in [0.1, 0.15) is 6.29 Å². The summed E-state index contributed by atoms with van der Waals surface area (Å²) in [5.74, 6) is 0.492. The van der Waals surface area contributed by atoms with Gasteiger partial charge in [-0.1, -0.05) is 46.6 Å². The molecule has 2 aliphatic carbocycles. The van der Waals surface area contributed by atoms with E-state index in [0.29, 0.717) is 49.9 Å². The largest absolute Gasteiger partial charge is 0.469 e. The highest BCUT2D eigenvalue weighted by Crippen LogP contribution is 2.49. The number of thiol groups is 1. The molecule has 0 aromatic carbocycles. The average molecular weight is 668 g/mol. The van der Waals surface area contributed by atoms with Crippen molar-refractivity contribution in [3.05, 3.63) is 12.7 Å². The Morgan fingerprint density at radius 3 is 2.11 bits per heavy atom. The van der Waals surface area contributed by atoms with Crippen molar-refractivity contribution in [2.75, 3.05) is 79.8 Å². The fourth-order valence-corrected chi connectivity index (χ4v) is 7.19. The Bertz CT molecular complexity index is 967. The van der Waals surface area contributed by atoms with Gasteiger partial charge in [0.05, 0.1) is 19.4 Å². The maximum absolute atomic E-state index is 14.0. The molecule has 0 bridgehead atoms. The lowest BCUT2D eigenvalue weighted by atomic mass is 9.70. The molecule has 2 saturated heterocycles. The van der Waals surface area contributed by atoms with Crippen LogP contribution in [0.15, 0.2) is 12.7 Å². The third-order valence-electron chi connectivity index (χ3n) is 10.2. The predicted molar refractivity (Wildman–Crippen MR) is 190 cm³/mol. The number of nitrogens with zero attached hydrogens (tertiary/aromatic N) is 4. The van der Waals surface area contributed by atoms with Crippen LogP contribution < -0.4 is 5.73 Å². The van der Waals surface area contributed by atoms with Gasteiger partial charge in [-0.3, -0.25) is 19.3 Å². The summed E-state index contributed by atoms with van der Waals surface area (Å²) in [6.07, 6.45) is 11.9. The van der Waals surface area contributed by atoms with Crippen LogP contribution in [-0.4, -0.2) is 130 Å². The molecule has 10 nitrogen and oxygen atoms in total. The second-order valence-electron chi connectivity index (χ2n) is 14.1. The minimum Gasteiger partial charge on any atom is -0.469 e. The molecule has 11 heteroatoms. The highest BCUT2D eigenvalue weighted by Gasteiger charge is 2.49. The Labute approximate surface area is 285 Å². The Morgan fingerprint density at radius 1 is 1.09 bits per heavy atom. The fourth-order valence-electron chi connectivity index (χ4n) is 7.19. The molecule has 2 heterocycles. The van der Waals surface area contributed by atoms with Crippen LogP contribution in [-0.2, 0) is 23.9 Å². The highest BCUT2D eigenvalue weighted by molar-refractivity contribution is 7.79. The SMILES string of the molecule is C=CC(=O)N(CC)C[C@@H](C(=O)N1CCN(CC2CCCCC2)C(CC(=O)OC)C1)C1(C)CN(C)C1.CC1(C)C[C@@H]1C=O.CN.CS. The zero-order chi connectivity index (χ0) is 35.1. The standard InChI is InChI=1S/C27H46N4O4.C6H10O.CH5N.CH4S/c1-6-24(32)29(7-2)18-23(27(3)19-28(4)20-27)26(34)31-14-13-30(16-21-11-9-8-10-12-21)22(17-31)15-25(33)35-5;1-6(2)3-5(6)4-7;2*1-2/h6,21-23H,1,7-20H2,2-5H3;4-5H,3H2,1-2H3;2H2,1H3;2H,1H3/t22?,23-;5-;;/m01../s1. The molecule has 0 spiro atoms. The minimum absolute atomic E-state index is 0.0308. The number of hydrogen-bond donors (Lipinski definition) is 2. The van der Waals surface area contributed by atoms with Crippen LogP contribution in [0.3, 0.4) is 0 Å². The lowest BCUT2D eigenvalue weighted by Crippen LogP contribution is -2.64. The third-order valence-corrected chi connectivity index (χ3v) is 10.2. The number of likely N-dealkylation sites (tertiary alicyclic amines) is 1. The molecule has 3 atom stereocenters. The van der Waals surface area contributed by atoms with E-state index in [2.05, 4.69) is 62.6 Å². The molecular weight excluding hydrogens is 602 g/mol. The van der Waals surface area contributed by atoms with E-state index in [1.807, 2.05) is 11.8 Å². The van der Waals surface area contributed by atoms with Gasteiger partial charge in [0.2, 0.25) is 11.8 Å². The summed E-state index contributed by atoms with van der Waals surface area (Å²) in [6, 6.07) is -0.0308. The van der Waals surface area contributed by atoms with Crippen molar-refractivity contribution >= 4 is 36.7 Å². The number of methoxy groups -OCH3 is 1. The molecule has 0 aromatic heterocycles. The van der Waals surface area contributed by atoms with Crippen LogP contribution in [0.5, 0.6) is 0 Å². The van der Waals surface area contributed by atoms with Gasteiger partial charge in [-0.2, -0.15) is 12.6 Å². The van der Waals surface area contributed by atoms with E-state index in [0.717, 1.165) is 38.9 Å². The summed E-state index contributed by atoms with van der Waals surface area (Å²) >= 11 is 3.53. The van der Waals surface area contributed by atoms with E-state index >= 15 is 0 Å². The Kier molecular flexibility index (Phi) is 18.7. The summed E-state index contributed by atoms with van der Waals surface area (Å²) in [6.45, 7) is 17.5. The number of piperazine rings is 1. The maximum atomic E-state index is 14.0. The molecule has 266 valence electrons. The second-order valence-corrected chi connectivity index (χ2v) is 14.1. The lowest BCUT2D eigenvalue weighted by molar-refractivity contribution is -0.153. The first kappa shape index (κ1) is 42.1. The van der Waals surface area contributed by atoms with Crippen molar-refractivity contribution in [1.29, 1.82) is 0 Å². The first-order chi connectivity index (χ1) is 21.9. The molecule has 1 unspecified atom stereocenters. The Morgan fingerprint density at radius 2 is 1.67 bits per heavy atom. The molecule has 2 aliphatic heterocycles. The number of amides is 2. The summed E-state index contributed by atoms with van der Waals surface area (Å²) in [4.78, 5) is 57.0. The Balaban J connectivity index is 0.000000825. The van der Waals surface area contributed by atoms with Gasteiger partial charge < -0.3 is 30.0 Å². The molecule has 4 rings (SSSR count). The molecule has 46 heavy (non-hydrogen) atoms. The quantitative estimate of drug-likeness (QED) is 0.149. The van der Waals surface area contributed by atoms with Gasteiger partial charge in [-0.15, -0.1) is 0 Å². The van der Waals surface area contributed by atoms with Crippen LogP contribution in [0, 0.1) is 28.6 Å². The van der Waals surface area contributed by atoms with Crippen LogP contribution in [0.25, 0.3) is 0 Å². The van der Waals surface area contributed by atoms with Crippen LogP contribution >= 0.6 is 12.6 Å². The number of esters is 1. The number of nitrogens with two attached hydrogens (primary N) is 1.